The zero-order valence-corrected chi connectivity index (χ0v) is 23.9. The van der Waals surface area contributed by atoms with E-state index in [2.05, 4.69) is 10.2 Å². The fourth-order valence-corrected chi connectivity index (χ4v) is 5.10. The average Bonchev–Trinajstić information content (AvgIpc) is 3.22. The second kappa shape index (κ2) is 13.3. The predicted octanol–water partition coefficient (Wildman–Crippen LogP) is 6.35. The molecule has 3 aromatic carbocycles. The third kappa shape index (κ3) is 7.44. The number of nitro benzene ring substituents is 1. The molecule has 4 rings (SSSR count). The number of nitrogens with one attached hydrogen (secondary N) is 1. The van der Waals surface area contributed by atoms with E-state index in [4.69, 9.17) is 16.3 Å². The highest BCUT2D eigenvalue weighted by molar-refractivity contribution is 8.18. The molecule has 0 bridgehead atoms. The van der Waals surface area contributed by atoms with Crippen molar-refractivity contribution in [3.8, 4) is 5.75 Å². The molecule has 12 heteroatoms. The number of amides is 3. The number of thioether (sulfide) groups is 1. The lowest BCUT2D eigenvalue weighted by atomic mass is 10.1. The van der Waals surface area contributed by atoms with Gasteiger partial charge in [-0.1, -0.05) is 29.8 Å². The lowest BCUT2D eigenvalue weighted by molar-refractivity contribution is -0.384. The second-order valence-electron chi connectivity index (χ2n) is 8.93. The molecule has 1 aliphatic heterocycles. The molecular weight excluding hydrogens is 568 g/mol. The number of nitrogens with zero attached hydrogens (tertiary/aromatic N) is 3. The van der Waals surface area contributed by atoms with E-state index >= 15 is 0 Å². The average molecular weight is 595 g/mol. The number of rotatable bonds is 11. The Morgan fingerprint density at radius 1 is 1.10 bits per heavy atom. The summed E-state index contributed by atoms with van der Waals surface area (Å²) >= 11 is 6.77. The molecule has 212 valence electrons. The summed E-state index contributed by atoms with van der Waals surface area (Å²) in [5, 5.41) is 13.8. The molecule has 41 heavy (non-hydrogen) atoms. The molecule has 1 N–H and O–H groups in total. The van der Waals surface area contributed by atoms with Crippen molar-refractivity contribution in [1.29, 1.82) is 0 Å². The van der Waals surface area contributed by atoms with Crippen molar-refractivity contribution in [2.45, 2.75) is 20.4 Å². The molecule has 1 heterocycles. The van der Waals surface area contributed by atoms with Crippen LogP contribution in [0.15, 0.2) is 71.6 Å². The van der Waals surface area contributed by atoms with Gasteiger partial charge >= 0.3 is 0 Å². The predicted molar refractivity (Wildman–Crippen MR) is 160 cm³/mol. The molecule has 0 unspecified atom stereocenters. The van der Waals surface area contributed by atoms with Crippen LogP contribution in [0.3, 0.4) is 0 Å². The molecule has 0 saturated carbocycles. The molecule has 0 spiro atoms. The van der Waals surface area contributed by atoms with Gasteiger partial charge in [-0.3, -0.25) is 29.4 Å². The smallest absolute Gasteiger partial charge is 0.293 e. The van der Waals surface area contributed by atoms with Gasteiger partial charge in [0.05, 0.1) is 16.4 Å². The third-order valence-electron chi connectivity index (χ3n) is 6.24. The van der Waals surface area contributed by atoms with Gasteiger partial charge < -0.3 is 15.0 Å². The van der Waals surface area contributed by atoms with Crippen molar-refractivity contribution < 1.29 is 24.0 Å². The monoisotopic (exact) mass is 594 g/mol. The Bertz CT molecular complexity index is 1510. The van der Waals surface area contributed by atoms with E-state index in [-0.39, 0.29) is 29.4 Å². The van der Waals surface area contributed by atoms with Crippen molar-refractivity contribution >= 4 is 63.6 Å². The Balaban J connectivity index is 1.55. The second-order valence-corrected chi connectivity index (χ2v) is 10.4. The lowest BCUT2D eigenvalue weighted by Crippen LogP contribution is -2.27. The summed E-state index contributed by atoms with van der Waals surface area (Å²) in [5.74, 6) is -0.613. The van der Waals surface area contributed by atoms with Gasteiger partial charge in [0.25, 0.3) is 22.7 Å². The van der Waals surface area contributed by atoms with E-state index < -0.39 is 22.0 Å². The van der Waals surface area contributed by atoms with Gasteiger partial charge in [0.2, 0.25) is 0 Å². The zero-order valence-electron chi connectivity index (χ0n) is 22.3. The fourth-order valence-electron chi connectivity index (χ4n) is 4.14. The molecule has 1 fully saturated rings. The van der Waals surface area contributed by atoms with Crippen molar-refractivity contribution in [3.63, 3.8) is 0 Å². The van der Waals surface area contributed by atoms with Crippen LogP contribution in [0.1, 0.15) is 25.0 Å². The van der Waals surface area contributed by atoms with E-state index in [1.165, 1.54) is 24.3 Å². The minimum atomic E-state index is -0.547. The maximum atomic E-state index is 13.1. The number of hydrogen-bond acceptors (Lipinski definition) is 8. The van der Waals surface area contributed by atoms with Gasteiger partial charge in [-0.05, 0) is 67.6 Å². The number of imide groups is 1. The standard InChI is InChI=1S/C29H27ClN4O6S/c1-3-32(4-2)23-13-10-20(14-26-28(36)33(29(37)41-26)17-19-8-11-21(30)12-9-19)25(16-23)40-18-27(35)31-22-6-5-7-24(15-22)34(38)39/h5-16H,3-4,17-18H2,1-2H3,(H,31,35)/b26-14+. The van der Waals surface area contributed by atoms with Crippen molar-refractivity contribution in [2.24, 2.45) is 0 Å². The molecule has 0 atom stereocenters. The lowest BCUT2D eigenvalue weighted by Gasteiger charge is -2.22. The third-order valence-corrected chi connectivity index (χ3v) is 7.40. The Morgan fingerprint density at radius 2 is 1.83 bits per heavy atom. The highest BCUT2D eigenvalue weighted by Gasteiger charge is 2.35. The number of halogens is 1. The molecule has 0 radical (unpaired) electrons. The van der Waals surface area contributed by atoms with Crippen LogP contribution in [0.4, 0.5) is 21.9 Å². The SMILES string of the molecule is CCN(CC)c1ccc(/C=C2/SC(=O)N(Cc3ccc(Cl)cc3)C2=O)c(OCC(=O)Nc2cccc([N+](=O)[O-])c2)c1. The van der Waals surface area contributed by atoms with Crippen LogP contribution in [-0.4, -0.2) is 46.6 Å². The summed E-state index contributed by atoms with van der Waals surface area (Å²) in [6, 6.07) is 17.9. The molecule has 10 nitrogen and oxygen atoms in total. The molecule has 0 aromatic heterocycles. The first kappa shape index (κ1) is 29.6. The molecule has 1 saturated heterocycles. The van der Waals surface area contributed by atoms with Gasteiger partial charge in [-0.25, -0.2) is 0 Å². The summed E-state index contributed by atoms with van der Waals surface area (Å²) in [5.41, 5.74) is 2.25. The van der Waals surface area contributed by atoms with Crippen LogP contribution in [-0.2, 0) is 16.1 Å². The Labute approximate surface area is 246 Å². The molecule has 0 aliphatic carbocycles. The minimum Gasteiger partial charge on any atom is -0.483 e. The summed E-state index contributed by atoms with van der Waals surface area (Å²) < 4.78 is 5.89. The summed E-state index contributed by atoms with van der Waals surface area (Å²) in [6.07, 6.45) is 1.58. The van der Waals surface area contributed by atoms with Gasteiger partial charge in [0.15, 0.2) is 6.61 Å². The van der Waals surface area contributed by atoms with E-state index in [1.54, 1.807) is 42.5 Å². The highest BCUT2D eigenvalue weighted by atomic mass is 35.5. The van der Waals surface area contributed by atoms with E-state index in [1.807, 2.05) is 19.9 Å². The summed E-state index contributed by atoms with van der Waals surface area (Å²) in [7, 11) is 0. The largest absolute Gasteiger partial charge is 0.483 e. The molecule has 1 aliphatic rings. The Kier molecular flexibility index (Phi) is 9.64. The minimum absolute atomic E-state index is 0.112. The molecule has 3 amide bonds. The number of benzene rings is 3. The van der Waals surface area contributed by atoms with Gasteiger partial charge in [0.1, 0.15) is 5.75 Å². The number of carbonyl (C=O) groups excluding carboxylic acids is 3. The van der Waals surface area contributed by atoms with Crippen molar-refractivity contribution in [2.75, 3.05) is 29.9 Å². The first-order valence-corrected chi connectivity index (χ1v) is 13.9. The summed E-state index contributed by atoms with van der Waals surface area (Å²) in [4.78, 5) is 52.4. The topological polar surface area (TPSA) is 122 Å². The number of ether oxygens (including phenoxy) is 1. The summed E-state index contributed by atoms with van der Waals surface area (Å²) in [6.45, 7) is 5.24. The van der Waals surface area contributed by atoms with Crippen LogP contribution in [0, 0.1) is 10.1 Å². The molecular formula is C29H27ClN4O6S. The van der Waals surface area contributed by atoms with Crippen LogP contribution in [0.2, 0.25) is 5.02 Å². The number of anilines is 2. The van der Waals surface area contributed by atoms with Gasteiger partial charge in [-0.15, -0.1) is 0 Å². The first-order valence-electron chi connectivity index (χ1n) is 12.7. The quantitative estimate of drug-likeness (QED) is 0.155. The number of carbonyl (C=O) groups is 3. The van der Waals surface area contributed by atoms with Crippen LogP contribution < -0.4 is 15.0 Å². The van der Waals surface area contributed by atoms with E-state index in [0.717, 1.165) is 41.0 Å². The van der Waals surface area contributed by atoms with Crippen LogP contribution in [0.5, 0.6) is 5.75 Å². The van der Waals surface area contributed by atoms with E-state index in [0.29, 0.717) is 16.3 Å². The highest BCUT2D eigenvalue weighted by Crippen LogP contribution is 2.36. The number of hydrogen-bond donors (Lipinski definition) is 1. The normalized spacial score (nSPS) is 13.9. The number of non-ortho nitro benzene ring substituents is 1. The van der Waals surface area contributed by atoms with E-state index in [9.17, 15) is 24.5 Å². The molecule has 3 aromatic rings. The van der Waals surface area contributed by atoms with Crippen LogP contribution >= 0.6 is 23.4 Å². The van der Waals surface area contributed by atoms with Gasteiger partial charge in [-0.2, -0.15) is 0 Å². The fraction of sp³-hybridized carbons (Fsp3) is 0.207. The maximum absolute atomic E-state index is 13.1. The van der Waals surface area contributed by atoms with Crippen molar-refractivity contribution in [3.05, 3.63) is 97.9 Å². The van der Waals surface area contributed by atoms with Crippen LogP contribution in [0.25, 0.3) is 6.08 Å². The number of nitro groups is 1. The Morgan fingerprint density at radius 3 is 2.51 bits per heavy atom. The Hall–Kier alpha value is -4.35. The maximum Gasteiger partial charge on any atom is 0.293 e. The zero-order chi connectivity index (χ0) is 29.5. The van der Waals surface area contributed by atoms with Crippen molar-refractivity contribution in [1.82, 2.24) is 4.90 Å². The first-order chi connectivity index (χ1) is 19.7. The van der Waals surface area contributed by atoms with Gasteiger partial charge in [0, 0.05) is 53.2 Å².